The molecule has 4 rings (SSSR count). The van der Waals surface area contributed by atoms with Crippen LogP contribution in [0.4, 0.5) is 5.69 Å². The molecule has 0 fully saturated rings. The van der Waals surface area contributed by atoms with E-state index < -0.39 is 16.2 Å². The molecule has 1 atom stereocenters. The van der Waals surface area contributed by atoms with Crippen LogP contribution in [-0.4, -0.2) is 23.4 Å². The van der Waals surface area contributed by atoms with Crippen LogP contribution in [0.3, 0.4) is 0 Å². The van der Waals surface area contributed by atoms with Crippen LogP contribution >= 0.6 is 0 Å². The number of para-hydroxylation sites is 1. The quantitative estimate of drug-likeness (QED) is 0.719. The Morgan fingerprint density at radius 3 is 2.50 bits per heavy atom. The van der Waals surface area contributed by atoms with Crippen LogP contribution in [0.15, 0.2) is 59.6 Å². The summed E-state index contributed by atoms with van der Waals surface area (Å²) in [6.45, 7) is 3.73. The van der Waals surface area contributed by atoms with Crippen molar-refractivity contribution < 1.29 is 8.42 Å². The molecule has 0 saturated heterocycles. The Labute approximate surface area is 140 Å². The Balaban J connectivity index is 1.94. The van der Waals surface area contributed by atoms with E-state index in [0.717, 1.165) is 16.8 Å². The Morgan fingerprint density at radius 1 is 1.04 bits per heavy atom. The van der Waals surface area contributed by atoms with Gasteiger partial charge < -0.3 is 0 Å². The van der Waals surface area contributed by atoms with Crippen LogP contribution in [0, 0.1) is 6.92 Å². The molecule has 122 valence electrons. The zero-order valence-electron chi connectivity index (χ0n) is 13.3. The first kappa shape index (κ1) is 14.9. The molecule has 0 N–H and O–H groups in total. The third-order valence-electron chi connectivity index (χ3n) is 4.26. The lowest BCUT2D eigenvalue weighted by Gasteiger charge is -2.36. The fraction of sp³-hybridized carbons (Fsp3) is 0.176. The molecule has 3 aromatic rings. The molecule has 24 heavy (non-hydrogen) atoms. The van der Waals surface area contributed by atoms with E-state index in [9.17, 15) is 8.42 Å². The summed E-state index contributed by atoms with van der Waals surface area (Å²) in [4.78, 5) is 0.262. The molecule has 1 aliphatic heterocycles. The molecule has 0 bridgehead atoms. The molecule has 0 radical (unpaired) electrons. The van der Waals surface area contributed by atoms with Gasteiger partial charge >= 0.3 is 0 Å². The normalized spacial score (nSPS) is 16.6. The van der Waals surface area contributed by atoms with Crippen molar-refractivity contribution in [2.24, 2.45) is 0 Å². The average molecular weight is 340 g/mol. The van der Waals surface area contributed by atoms with Gasteiger partial charge in [-0.1, -0.05) is 41.1 Å². The van der Waals surface area contributed by atoms with Crippen molar-refractivity contribution in [3.05, 3.63) is 60.3 Å². The zero-order chi connectivity index (χ0) is 16.9. The Kier molecular flexibility index (Phi) is 3.21. The highest BCUT2D eigenvalue weighted by atomic mass is 32.2. The van der Waals surface area contributed by atoms with Crippen molar-refractivity contribution in [3.8, 4) is 11.3 Å². The summed E-state index contributed by atoms with van der Waals surface area (Å²) in [6.07, 6.45) is 1.16. The van der Waals surface area contributed by atoms with E-state index in [0.29, 0.717) is 5.69 Å². The van der Waals surface area contributed by atoms with Gasteiger partial charge in [0.25, 0.3) is 10.0 Å². The van der Waals surface area contributed by atoms with Gasteiger partial charge in [0.05, 0.1) is 22.5 Å². The van der Waals surface area contributed by atoms with Crippen LogP contribution < -0.4 is 4.31 Å². The van der Waals surface area contributed by atoms with Crippen LogP contribution in [0.1, 0.15) is 18.7 Å². The van der Waals surface area contributed by atoms with E-state index >= 15 is 0 Å². The number of rotatable bonds is 2. The van der Waals surface area contributed by atoms with Gasteiger partial charge in [-0.3, -0.25) is 0 Å². The van der Waals surface area contributed by atoms with E-state index in [1.54, 1.807) is 42.1 Å². The highest BCUT2D eigenvalue weighted by molar-refractivity contribution is 7.92. The zero-order valence-corrected chi connectivity index (χ0v) is 14.1. The lowest BCUT2D eigenvalue weighted by atomic mass is 10.1. The molecular weight excluding hydrogens is 324 g/mol. The number of anilines is 1. The van der Waals surface area contributed by atoms with Gasteiger partial charge in [-0.25, -0.2) is 17.4 Å². The second-order valence-corrected chi connectivity index (χ2v) is 7.64. The molecule has 1 unspecified atom stereocenters. The van der Waals surface area contributed by atoms with Crippen LogP contribution in [0.2, 0.25) is 0 Å². The van der Waals surface area contributed by atoms with Crippen LogP contribution in [0.5, 0.6) is 0 Å². The van der Waals surface area contributed by atoms with E-state index in [4.69, 9.17) is 0 Å². The summed E-state index contributed by atoms with van der Waals surface area (Å²) in [5.74, 6) is 0. The van der Waals surface area contributed by atoms with E-state index in [1.807, 2.05) is 31.2 Å². The third-order valence-corrected chi connectivity index (χ3v) is 6.15. The molecule has 0 saturated carbocycles. The molecular formula is C17H16N4O2S. The minimum Gasteiger partial charge on any atom is -0.242 e. The van der Waals surface area contributed by atoms with Gasteiger partial charge in [-0.2, -0.15) is 0 Å². The number of benzene rings is 2. The minimum atomic E-state index is -3.72. The third kappa shape index (κ3) is 2.05. The average Bonchev–Trinajstić information content (AvgIpc) is 3.06. The summed E-state index contributed by atoms with van der Waals surface area (Å²) >= 11 is 0. The maximum atomic E-state index is 13.3. The first-order valence-corrected chi connectivity index (χ1v) is 9.05. The molecule has 0 spiro atoms. The second kappa shape index (κ2) is 5.17. The summed E-state index contributed by atoms with van der Waals surface area (Å²) in [6, 6.07) is 14.3. The highest BCUT2D eigenvalue weighted by Gasteiger charge is 2.37. The second-order valence-electron chi connectivity index (χ2n) is 5.83. The predicted molar refractivity (Wildman–Crippen MR) is 91.0 cm³/mol. The van der Waals surface area contributed by atoms with Gasteiger partial charge in [0, 0.05) is 5.56 Å². The van der Waals surface area contributed by atoms with Gasteiger partial charge in [-0.15, -0.1) is 5.10 Å². The maximum absolute atomic E-state index is 13.3. The minimum absolute atomic E-state index is 0.262. The Hall–Kier alpha value is -2.67. The maximum Gasteiger partial charge on any atom is 0.266 e. The molecule has 7 heteroatoms. The number of hydrogen-bond acceptors (Lipinski definition) is 4. The highest BCUT2D eigenvalue weighted by Crippen LogP contribution is 2.42. The van der Waals surface area contributed by atoms with Crippen molar-refractivity contribution >= 4 is 15.7 Å². The van der Waals surface area contributed by atoms with Crippen molar-refractivity contribution in [2.45, 2.75) is 24.9 Å². The van der Waals surface area contributed by atoms with E-state index in [1.165, 1.54) is 4.31 Å². The first-order chi connectivity index (χ1) is 11.5. The predicted octanol–water partition coefficient (Wildman–Crippen LogP) is 2.98. The first-order valence-electron chi connectivity index (χ1n) is 7.61. The standard InChI is InChI=1S/C17H16N4O2S/c1-12-7-9-14(10-8-12)24(22,23)21-13(2)20-17(11-18-19-20)15-5-3-4-6-16(15)21/h3-11,13H,1-2H3. The van der Waals surface area contributed by atoms with Crippen molar-refractivity contribution in [1.29, 1.82) is 0 Å². The smallest absolute Gasteiger partial charge is 0.242 e. The lowest BCUT2D eigenvalue weighted by Crippen LogP contribution is -2.39. The summed E-state index contributed by atoms with van der Waals surface area (Å²) in [7, 11) is -3.72. The largest absolute Gasteiger partial charge is 0.266 e. The summed E-state index contributed by atoms with van der Waals surface area (Å²) in [5.41, 5.74) is 3.27. The van der Waals surface area contributed by atoms with E-state index in [-0.39, 0.29) is 4.90 Å². The molecule has 1 aromatic heterocycles. The van der Waals surface area contributed by atoms with Gasteiger partial charge in [0.15, 0.2) is 0 Å². The lowest BCUT2D eigenvalue weighted by molar-refractivity contribution is 0.479. The topological polar surface area (TPSA) is 68.1 Å². The van der Waals surface area contributed by atoms with Gasteiger partial charge in [0.1, 0.15) is 6.17 Å². The van der Waals surface area contributed by atoms with Crippen molar-refractivity contribution in [3.63, 3.8) is 0 Å². The fourth-order valence-electron chi connectivity index (χ4n) is 3.05. The van der Waals surface area contributed by atoms with Crippen LogP contribution in [-0.2, 0) is 10.0 Å². The van der Waals surface area contributed by atoms with Crippen LogP contribution in [0.25, 0.3) is 11.3 Å². The molecule has 2 aromatic carbocycles. The summed E-state index contributed by atoms with van der Waals surface area (Å²) in [5, 5.41) is 8.01. The molecule has 1 aliphatic rings. The monoisotopic (exact) mass is 340 g/mol. The van der Waals surface area contributed by atoms with Crippen molar-refractivity contribution in [2.75, 3.05) is 4.31 Å². The summed E-state index contributed by atoms with van der Waals surface area (Å²) < 4.78 is 29.6. The number of sulfonamides is 1. The van der Waals surface area contributed by atoms with Crippen molar-refractivity contribution in [1.82, 2.24) is 15.0 Å². The number of hydrogen-bond donors (Lipinski definition) is 0. The fourth-order valence-corrected chi connectivity index (χ4v) is 4.67. The van der Waals surface area contributed by atoms with Gasteiger partial charge in [0.2, 0.25) is 0 Å². The Bertz CT molecular complexity index is 1010. The molecule has 0 amide bonds. The number of fused-ring (bicyclic) bond motifs is 3. The number of nitrogens with zero attached hydrogens (tertiary/aromatic N) is 4. The molecule has 6 nitrogen and oxygen atoms in total. The number of aryl methyl sites for hydroxylation is 1. The molecule has 2 heterocycles. The van der Waals surface area contributed by atoms with Gasteiger partial charge in [-0.05, 0) is 32.0 Å². The van der Waals surface area contributed by atoms with E-state index in [2.05, 4.69) is 10.3 Å². The SMILES string of the molecule is Cc1ccc(S(=O)(=O)N2c3ccccc3-c3cnnn3C2C)cc1. The Morgan fingerprint density at radius 2 is 1.75 bits per heavy atom. The number of aromatic nitrogens is 3. The molecule has 0 aliphatic carbocycles.